The van der Waals surface area contributed by atoms with Crippen LogP contribution in [0.15, 0.2) is 42.5 Å². The number of anilines is 2. The molecule has 5 heteroatoms. The number of methoxy groups -OCH3 is 1. The lowest BCUT2D eigenvalue weighted by molar-refractivity contribution is -0.118. The fraction of sp³-hybridized carbons (Fsp3) is 0.316. The predicted octanol–water partition coefficient (Wildman–Crippen LogP) is 2.60. The summed E-state index contributed by atoms with van der Waals surface area (Å²) in [4.78, 5) is 11.3. The van der Waals surface area contributed by atoms with Crippen molar-refractivity contribution in [1.82, 2.24) is 0 Å². The highest BCUT2D eigenvalue weighted by Crippen LogP contribution is 2.27. The lowest BCUT2D eigenvalue weighted by Crippen LogP contribution is -2.27. The topological polar surface area (TPSA) is 70.6 Å². The van der Waals surface area contributed by atoms with Gasteiger partial charge in [-0.15, -0.1) is 0 Å². The minimum absolute atomic E-state index is 0.341. The van der Waals surface area contributed by atoms with E-state index < -0.39 is 12.5 Å². The standard InChI is InChI=1S/C19H22N2O3/c1-24-18-8-6-13-5-7-17(9-14(13)10-18)20-15-3-2-4-16(11-15)21-19(23)12-22/h2-4,6,8,10-11,17,20,22H,5,7,9,12H2,1H3,(H,21,23). The molecule has 0 fully saturated rings. The SMILES string of the molecule is COc1ccc2c(c1)CC(Nc1cccc(NC(=O)CO)c1)CC2. The summed E-state index contributed by atoms with van der Waals surface area (Å²) >= 11 is 0. The number of carbonyl (C=O) groups excluding carboxylic acids is 1. The number of nitrogens with one attached hydrogen (secondary N) is 2. The fourth-order valence-electron chi connectivity index (χ4n) is 3.11. The molecule has 0 saturated carbocycles. The molecule has 3 N–H and O–H groups in total. The van der Waals surface area contributed by atoms with Crippen LogP contribution in [-0.4, -0.2) is 30.8 Å². The zero-order chi connectivity index (χ0) is 16.9. The van der Waals surface area contributed by atoms with Gasteiger partial charge in [-0.3, -0.25) is 4.79 Å². The number of aliphatic hydroxyl groups is 1. The maximum atomic E-state index is 11.3. The Morgan fingerprint density at radius 3 is 2.83 bits per heavy atom. The third-order valence-electron chi connectivity index (χ3n) is 4.30. The Morgan fingerprint density at radius 1 is 1.21 bits per heavy atom. The number of benzene rings is 2. The van der Waals surface area contributed by atoms with E-state index in [1.54, 1.807) is 13.2 Å². The largest absolute Gasteiger partial charge is 0.497 e. The van der Waals surface area contributed by atoms with Crippen molar-refractivity contribution in [3.63, 3.8) is 0 Å². The summed E-state index contributed by atoms with van der Waals surface area (Å²) in [5, 5.41) is 15.0. The van der Waals surface area contributed by atoms with Gasteiger partial charge in [0, 0.05) is 17.4 Å². The summed E-state index contributed by atoms with van der Waals surface area (Å²) in [6.45, 7) is -0.515. The van der Waals surface area contributed by atoms with Crippen LogP contribution in [0.4, 0.5) is 11.4 Å². The van der Waals surface area contributed by atoms with E-state index in [1.165, 1.54) is 11.1 Å². The predicted molar refractivity (Wildman–Crippen MR) is 94.6 cm³/mol. The maximum Gasteiger partial charge on any atom is 0.250 e. The van der Waals surface area contributed by atoms with Gasteiger partial charge in [-0.1, -0.05) is 12.1 Å². The third-order valence-corrected chi connectivity index (χ3v) is 4.30. The molecular weight excluding hydrogens is 304 g/mol. The summed E-state index contributed by atoms with van der Waals surface area (Å²) in [5.74, 6) is 0.481. The van der Waals surface area contributed by atoms with Crippen LogP contribution in [0.3, 0.4) is 0 Å². The molecule has 1 atom stereocenters. The van der Waals surface area contributed by atoms with Gasteiger partial charge >= 0.3 is 0 Å². The molecule has 2 aromatic rings. The fourth-order valence-corrected chi connectivity index (χ4v) is 3.11. The van der Waals surface area contributed by atoms with Gasteiger partial charge in [0.15, 0.2) is 0 Å². The number of hydrogen-bond donors (Lipinski definition) is 3. The molecule has 0 bridgehead atoms. The van der Waals surface area contributed by atoms with E-state index in [2.05, 4.69) is 22.8 Å². The lowest BCUT2D eigenvalue weighted by Gasteiger charge is -2.27. The first-order valence-corrected chi connectivity index (χ1v) is 8.11. The third kappa shape index (κ3) is 3.86. The van der Waals surface area contributed by atoms with Crippen LogP contribution in [-0.2, 0) is 17.6 Å². The van der Waals surface area contributed by atoms with E-state index in [1.807, 2.05) is 24.3 Å². The van der Waals surface area contributed by atoms with Crippen molar-refractivity contribution in [1.29, 1.82) is 0 Å². The molecule has 1 amide bonds. The average Bonchev–Trinajstić information content (AvgIpc) is 2.61. The molecule has 1 unspecified atom stereocenters. The molecule has 126 valence electrons. The van der Waals surface area contributed by atoms with Crippen LogP contribution in [0.25, 0.3) is 0 Å². The van der Waals surface area contributed by atoms with Crippen molar-refractivity contribution in [2.75, 3.05) is 24.4 Å². The summed E-state index contributed by atoms with van der Waals surface area (Å²) in [5.41, 5.74) is 4.35. The zero-order valence-corrected chi connectivity index (χ0v) is 13.7. The molecule has 0 spiro atoms. The number of amides is 1. The Hall–Kier alpha value is -2.53. The number of fused-ring (bicyclic) bond motifs is 1. The Morgan fingerprint density at radius 2 is 2.04 bits per heavy atom. The summed E-state index contributed by atoms with van der Waals surface area (Å²) in [6, 6.07) is 14.2. The Bertz CT molecular complexity index is 730. The highest BCUT2D eigenvalue weighted by Gasteiger charge is 2.19. The van der Waals surface area contributed by atoms with Gasteiger partial charge in [0.2, 0.25) is 5.91 Å². The molecule has 3 rings (SSSR count). The van der Waals surface area contributed by atoms with Crippen LogP contribution in [0.5, 0.6) is 5.75 Å². The van der Waals surface area contributed by atoms with Gasteiger partial charge in [0.1, 0.15) is 12.4 Å². The molecule has 24 heavy (non-hydrogen) atoms. The van der Waals surface area contributed by atoms with E-state index in [0.29, 0.717) is 11.7 Å². The van der Waals surface area contributed by atoms with Crippen LogP contribution in [0, 0.1) is 0 Å². The second-order valence-electron chi connectivity index (χ2n) is 6.01. The van der Waals surface area contributed by atoms with Gasteiger partial charge in [0.25, 0.3) is 0 Å². The number of hydrogen-bond acceptors (Lipinski definition) is 4. The Balaban J connectivity index is 1.68. The van der Waals surface area contributed by atoms with Crippen LogP contribution < -0.4 is 15.4 Å². The number of rotatable bonds is 5. The van der Waals surface area contributed by atoms with Gasteiger partial charge in [-0.2, -0.15) is 0 Å². The molecule has 0 radical (unpaired) electrons. The number of carbonyl (C=O) groups is 1. The number of aliphatic hydroxyl groups excluding tert-OH is 1. The first kappa shape index (κ1) is 16.3. The first-order chi connectivity index (χ1) is 11.7. The summed E-state index contributed by atoms with van der Waals surface area (Å²) in [7, 11) is 1.69. The number of aryl methyl sites for hydroxylation is 1. The average molecular weight is 326 g/mol. The van der Waals surface area contributed by atoms with Crippen molar-refractivity contribution in [3.05, 3.63) is 53.6 Å². The molecule has 1 aliphatic carbocycles. The molecule has 0 saturated heterocycles. The van der Waals surface area contributed by atoms with E-state index in [-0.39, 0.29) is 0 Å². The van der Waals surface area contributed by atoms with Crippen molar-refractivity contribution in [3.8, 4) is 5.75 Å². The Labute approximate surface area is 141 Å². The van der Waals surface area contributed by atoms with Crippen LogP contribution >= 0.6 is 0 Å². The molecule has 5 nitrogen and oxygen atoms in total. The molecular formula is C19H22N2O3. The molecule has 1 aliphatic rings. The second kappa shape index (κ2) is 7.36. The second-order valence-corrected chi connectivity index (χ2v) is 6.01. The van der Waals surface area contributed by atoms with Gasteiger partial charge in [-0.25, -0.2) is 0 Å². The molecule has 0 aromatic heterocycles. The van der Waals surface area contributed by atoms with Gasteiger partial charge < -0.3 is 20.5 Å². The summed E-state index contributed by atoms with van der Waals surface area (Å²) < 4.78 is 5.32. The zero-order valence-electron chi connectivity index (χ0n) is 13.7. The van der Waals surface area contributed by atoms with E-state index >= 15 is 0 Å². The molecule has 2 aromatic carbocycles. The first-order valence-electron chi connectivity index (χ1n) is 8.11. The van der Waals surface area contributed by atoms with Gasteiger partial charge in [0.05, 0.1) is 7.11 Å². The van der Waals surface area contributed by atoms with Gasteiger partial charge in [-0.05, 0) is 60.7 Å². The lowest BCUT2D eigenvalue weighted by atomic mass is 9.88. The van der Waals surface area contributed by atoms with E-state index in [9.17, 15) is 4.79 Å². The molecule has 0 heterocycles. The van der Waals surface area contributed by atoms with Crippen molar-refractivity contribution < 1.29 is 14.6 Å². The van der Waals surface area contributed by atoms with Crippen molar-refractivity contribution in [2.24, 2.45) is 0 Å². The highest BCUT2D eigenvalue weighted by atomic mass is 16.5. The van der Waals surface area contributed by atoms with Crippen molar-refractivity contribution in [2.45, 2.75) is 25.3 Å². The van der Waals surface area contributed by atoms with E-state index in [4.69, 9.17) is 9.84 Å². The van der Waals surface area contributed by atoms with E-state index in [0.717, 1.165) is 30.7 Å². The number of ether oxygens (including phenoxy) is 1. The summed E-state index contributed by atoms with van der Waals surface area (Å²) in [6.07, 6.45) is 3.05. The maximum absolute atomic E-state index is 11.3. The highest BCUT2D eigenvalue weighted by molar-refractivity contribution is 5.91. The van der Waals surface area contributed by atoms with Crippen LogP contribution in [0.2, 0.25) is 0 Å². The van der Waals surface area contributed by atoms with Crippen molar-refractivity contribution >= 4 is 17.3 Å². The molecule has 0 aliphatic heterocycles. The quantitative estimate of drug-likeness (QED) is 0.790. The van der Waals surface area contributed by atoms with Crippen LogP contribution in [0.1, 0.15) is 17.5 Å². The normalized spacial score (nSPS) is 16.2. The Kier molecular flexibility index (Phi) is 5.01. The minimum atomic E-state index is -0.515. The minimum Gasteiger partial charge on any atom is -0.497 e. The monoisotopic (exact) mass is 326 g/mol. The smallest absolute Gasteiger partial charge is 0.250 e.